The molecular formula is C24H38. The summed E-state index contributed by atoms with van der Waals surface area (Å²) in [4.78, 5) is 0. The fourth-order valence-corrected chi connectivity index (χ4v) is 1.86. The Bertz CT molecular complexity index is 527. The van der Waals surface area contributed by atoms with E-state index in [1.54, 1.807) is 0 Å². The predicted molar refractivity (Wildman–Crippen MR) is 115 cm³/mol. The maximum atomic E-state index is 2.22. The van der Waals surface area contributed by atoms with Gasteiger partial charge in [0, 0.05) is 0 Å². The molecule has 24 heavy (non-hydrogen) atoms. The number of hydrogen-bond donors (Lipinski definition) is 0. The topological polar surface area (TPSA) is 0 Å². The zero-order valence-corrected chi connectivity index (χ0v) is 16.1. The molecule has 0 saturated heterocycles. The number of rotatable bonds is 3. The molecule has 2 rings (SSSR count). The van der Waals surface area contributed by atoms with Crippen LogP contribution in [0.25, 0.3) is 12.2 Å². The highest BCUT2D eigenvalue weighted by Gasteiger charge is 1.97. The lowest BCUT2D eigenvalue weighted by Gasteiger charge is -2.04. The fourth-order valence-electron chi connectivity index (χ4n) is 1.86. The maximum absolute atomic E-state index is 2.22. The molecule has 0 radical (unpaired) electrons. The highest BCUT2D eigenvalue weighted by Crippen LogP contribution is 2.16. The van der Waals surface area contributed by atoms with Gasteiger partial charge in [-0.25, -0.2) is 0 Å². The van der Waals surface area contributed by atoms with Gasteiger partial charge >= 0.3 is 0 Å². The van der Waals surface area contributed by atoms with Crippen LogP contribution in [0.4, 0.5) is 0 Å². The molecule has 0 bridgehead atoms. The van der Waals surface area contributed by atoms with Gasteiger partial charge < -0.3 is 0 Å². The van der Waals surface area contributed by atoms with Gasteiger partial charge in [0.25, 0.3) is 0 Å². The van der Waals surface area contributed by atoms with Crippen molar-refractivity contribution in [3.05, 3.63) is 70.8 Å². The molecule has 0 aliphatic carbocycles. The van der Waals surface area contributed by atoms with Crippen LogP contribution in [0.3, 0.4) is 0 Å². The van der Waals surface area contributed by atoms with Crippen molar-refractivity contribution < 1.29 is 0 Å². The highest BCUT2D eigenvalue weighted by atomic mass is 14.0. The van der Waals surface area contributed by atoms with E-state index in [-0.39, 0.29) is 7.43 Å². The molecule has 0 heterocycles. The number of hydrogen-bond acceptors (Lipinski definition) is 0. The van der Waals surface area contributed by atoms with E-state index in [1.165, 1.54) is 28.7 Å². The Morgan fingerprint density at radius 2 is 1.08 bits per heavy atom. The third-order valence-electron chi connectivity index (χ3n) is 3.15. The molecule has 0 aliphatic heterocycles. The first-order valence-corrected chi connectivity index (χ1v) is 8.91. The summed E-state index contributed by atoms with van der Waals surface area (Å²) in [6.45, 7) is 14.8. The second-order valence-corrected chi connectivity index (χ2v) is 5.77. The molecule has 0 spiro atoms. The largest absolute Gasteiger partial charge is 0.0776 e. The van der Waals surface area contributed by atoms with Gasteiger partial charge in [0.2, 0.25) is 0 Å². The first kappa shape index (κ1) is 24.4. The lowest BCUT2D eigenvalue weighted by Crippen LogP contribution is -1.85. The smallest absolute Gasteiger partial charge is 0.0219 e. The Labute approximate surface area is 151 Å². The van der Waals surface area contributed by atoms with Crippen molar-refractivity contribution in [2.24, 2.45) is 0 Å². The van der Waals surface area contributed by atoms with Gasteiger partial charge in [-0.15, -0.1) is 0 Å². The summed E-state index contributed by atoms with van der Waals surface area (Å²) in [5.41, 5.74) is 5.18. The van der Waals surface area contributed by atoms with Crippen LogP contribution in [-0.4, -0.2) is 0 Å². The van der Waals surface area contributed by atoms with Gasteiger partial charge in [0.15, 0.2) is 0 Å². The van der Waals surface area contributed by atoms with Crippen LogP contribution in [0, 0.1) is 6.92 Å². The lowest BCUT2D eigenvalue weighted by molar-refractivity contribution is 0.866. The minimum Gasteiger partial charge on any atom is -0.0776 e. The summed E-state index contributed by atoms with van der Waals surface area (Å²) in [6, 6.07) is 17.4. The van der Waals surface area contributed by atoms with E-state index in [9.17, 15) is 0 Å². The van der Waals surface area contributed by atoms with Crippen LogP contribution >= 0.6 is 0 Å². The molecule has 0 aromatic heterocycles. The number of aryl methyl sites for hydroxylation is 1. The molecule has 0 amide bonds. The number of benzene rings is 2. The molecule has 0 aliphatic rings. The van der Waals surface area contributed by atoms with Gasteiger partial charge in [-0.3, -0.25) is 0 Å². The Morgan fingerprint density at radius 1 is 0.750 bits per heavy atom. The molecule has 0 saturated carbocycles. The predicted octanol–water partition coefficient (Wildman–Crippen LogP) is 8.37. The van der Waals surface area contributed by atoms with Crippen LogP contribution in [-0.2, 0) is 0 Å². The van der Waals surface area contributed by atoms with Crippen molar-refractivity contribution in [3.8, 4) is 0 Å². The first-order chi connectivity index (χ1) is 11.1. The van der Waals surface area contributed by atoms with Crippen LogP contribution in [0.2, 0.25) is 0 Å². The summed E-state index contributed by atoms with van der Waals surface area (Å²) in [5, 5.41) is 0. The van der Waals surface area contributed by atoms with Crippen molar-refractivity contribution in [2.75, 3.05) is 0 Å². The molecule has 0 heteroatoms. The van der Waals surface area contributed by atoms with Gasteiger partial charge in [-0.05, 0) is 29.5 Å². The van der Waals surface area contributed by atoms with E-state index in [1.807, 2.05) is 13.8 Å². The van der Waals surface area contributed by atoms with Crippen molar-refractivity contribution in [3.63, 3.8) is 0 Å². The standard InChI is InChI=1S/C18H20.C3H8.C2H6.CH4/c1-14(2)18-12-10-17(11-13-18)9-8-16-6-4-15(3)5-7-16;1-3-2;1-2;/h4-14H,1-3H3;3H2,1-2H3;1-2H3;1H4/b9-8+;;;. The minimum absolute atomic E-state index is 0. The molecule has 2 aromatic rings. The zero-order valence-electron chi connectivity index (χ0n) is 16.1. The quantitative estimate of drug-likeness (QED) is 0.497. The molecule has 0 nitrogen and oxygen atoms in total. The van der Waals surface area contributed by atoms with Gasteiger partial charge in [0.05, 0.1) is 0 Å². The van der Waals surface area contributed by atoms with Crippen molar-refractivity contribution in [1.29, 1.82) is 0 Å². The molecular weight excluding hydrogens is 288 g/mol. The Hall–Kier alpha value is -1.82. The van der Waals surface area contributed by atoms with Crippen LogP contribution in [0.15, 0.2) is 48.5 Å². The van der Waals surface area contributed by atoms with E-state index < -0.39 is 0 Å². The Morgan fingerprint density at radius 3 is 1.42 bits per heavy atom. The van der Waals surface area contributed by atoms with E-state index in [0.29, 0.717) is 5.92 Å². The average molecular weight is 327 g/mol. The molecule has 0 unspecified atom stereocenters. The molecule has 2 aromatic carbocycles. The van der Waals surface area contributed by atoms with E-state index >= 15 is 0 Å². The van der Waals surface area contributed by atoms with E-state index in [0.717, 1.165) is 0 Å². The van der Waals surface area contributed by atoms with E-state index in [2.05, 4.69) is 95.3 Å². The Kier molecular flexibility index (Phi) is 15.0. The Balaban J connectivity index is 0. The van der Waals surface area contributed by atoms with Crippen molar-refractivity contribution in [1.82, 2.24) is 0 Å². The third-order valence-corrected chi connectivity index (χ3v) is 3.15. The van der Waals surface area contributed by atoms with Gasteiger partial charge in [-0.2, -0.15) is 0 Å². The van der Waals surface area contributed by atoms with Gasteiger partial charge in [-0.1, -0.05) is 122 Å². The van der Waals surface area contributed by atoms with Crippen LogP contribution in [0.1, 0.15) is 83.6 Å². The summed E-state index contributed by atoms with van der Waals surface area (Å²) < 4.78 is 0. The summed E-state index contributed by atoms with van der Waals surface area (Å²) in [7, 11) is 0. The van der Waals surface area contributed by atoms with Crippen LogP contribution < -0.4 is 0 Å². The third kappa shape index (κ3) is 10.0. The molecule has 0 N–H and O–H groups in total. The fraction of sp³-hybridized carbons (Fsp3) is 0.417. The normalized spacial score (nSPS) is 9.50. The average Bonchev–Trinajstić information content (AvgIpc) is 2.57. The van der Waals surface area contributed by atoms with E-state index in [4.69, 9.17) is 0 Å². The lowest BCUT2D eigenvalue weighted by atomic mass is 10.0. The maximum Gasteiger partial charge on any atom is -0.0219 e. The van der Waals surface area contributed by atoms with Gasteiger partial charge in [0.1, 0.15) is 0 Å². The second-order valence-electron chi connectivity index (χ2n) is 5.77. The second kappa shape index (κ2) is 14.8. The SMILES string of the molecule is C.CC.CCC.Cc1ccc(/C=C/c2ccc(C(C)C)cc2)cc1. The molecule has 134 valence electrons. The van der Waals surface area contributed by atoms with Crippen molar-refractivity contribution >= 4 is 12.2 Å². The zero-order chi connectivity index (χ0) is 17.7. The van der Waals surface area contributed by atoms with Crippen LogP contribution in [0.5, 0.6) is 0 Å². The monoisotopic (exact) mass is 326 g/mol. The highest BCUT2D eigenvalue weighted by molar-refractivity contribution is 5.69. The summed E-state index contributed by atoms with van der Waals surface area (Å²) in [6.07, 6.45) is 5.57. The minimum atomic E-state index is 0. The summed E-state index contributed by atoms with van der Waals surface area (Å²) in [5.74, 6) is 0.597. The summed E-state index contributed by atoms with van der Waals surface area (Å²) >= 11 is 0. The van der Waals surface area contributed by atoms with Crippen molar-refractivity contribution in [2.45, 2.75) is 68.2 Å². The molecule has 0 fully saturated rings. The molecule has 0 atom stereocenters. The first-order valence-electron chi connectivity index (χ1n) is 8.91.